The summed E-state index contributed by atoms with van der Waals surface area (Å²) in [7, 11) is 0. The fraction of sp³-hybridized carbons (Fsp3) is 0.286. The maximum absolute atomic E-state index is 12.4. The average molecular weight is 418 g/mol. The van der Waals surface area contributed by atoms with Crippen molar-refractivity contribution in [2.24, 2.45) is 0 Å². The van der Waals surface area contributed by atoms with Crippen LogP contribution in [0.25, 0.3) is 0 Å². The van der Waals surface area contributed by atoms with E-state index in [1.165, 1.54) is 0 Å². The first-order valence-electron chi connectivity index (χ1n) is 9.03. The Balaban J connectivity index is 1.94. The van der Waals surface area contributed by atoms with Gasteiger partial charge in [0.05, 0.1) is 17.8 Å². The molecule has 29 heavy (non-hydrogen) atoms. The van der Waals surface area contributed by atoms with Crippen LogP contribution in [0.3, 0.4) is 0 Å². The molecule has 0 unspecified atom stereocenters. The molecule has 8 heteroatoms. The van der Waals surface area contributed by atoms with Gasteiger partial charge in [0.25, 0.3) is 0 Å². The summed E-state index contributed by atoms with van der Waals surface area (Å²) in [5.41, 5.74) is 0.903. The molecule has 2 rings (SSSR count). The van der Waals surface area contributed by atoms with E-state index in [4.69, 9.17) is 16.3 Å². The number of hydrogen-bond acceptors (Lipinski definition) is 4. The van der Waals surface area contributed by atoms with E-state index < -0.39 is 17.6 Å². The van der Waals surface area contributed by atoms with Crippen LogP contribution in [-0.2, 0) is 20.7 Å². The molecule has 0 bridgehead atoms. The lowest BCUT2D eigenvalue weighted by atomic mass is 10.1. The van der Waals surface area contributed by atoms with E-state index in [9.17, 15) is 14.4 Å². The molecule has 0 saturated heterocycles. The number of alkyl carbamates (subject to hydrolysis) is 1. The van der Waals surface area contributed by atoms with Gasteiger partial charge in [-0.05, 0) is 44.5 Å². The molecule has 0 heterocycles. The quantitative estimate of drug-likeness (QED) is 0.662. The number of hydrogen-bond donors (Lipinski definition) is 3. The Morgan fingerprint density at radius 1 is 0.897 bits per heavy atom. The third kappa shape index (κ3) is 7.83. The van der Waals surface area contributed by atoms with Gasteiger partial charge in [-0.25, -0.2) is 4.79 Å². The van der Waals surface area contributed by atoms with Gasteiger partial charge >= 0.3 is 6.09 Å². The van der Waals surface area contributed by atoms with Gasteiger partial charge < -0.3 is 20.7 Å². The minimum Gasteiger partial charge on any atom is -0.444 e. The van der Waals surface area contributed by atoms with E-state index in [0.717, 1.165) is 0 Å². The lowest BCUT2D eigenvalue weighted by molar-refractivity contribution is -0.116. The van der Waals surface area contributed by atoms with Crippen molar-refractivity contribution in [2.75, 3.05) is 17.2 Å². The minimum atomic E-state index is -0.686. The predicted octanol–water partition coefficient (Wildman–Crippen LogP) is 3.98. The van der Waals surface area contributed by atoms with E-state index >= 15 is 0 Å². The fourth-order valence-corrected chi connectivity index (χ4v) is 2.57. The van der Waals surface area contributed by atoms with Crippen LogP contribution in [-0.4, -0.2) is 30.1 Å². The second kappa shape index (κ2) is 9.93. The molecule has 2 aromatic rings. The zero-order valence-electron chi connectivity index (χ0n) is 16.5. The maximum atomic E-state index is 12.4. The molecule has 2 aromatic carbocycles. The van der Waals surface area contributed by atoms with Gasteiger partial charge in [0, 0.05) is 5.02 Å². The van der Waals surface area contributed by atoms with Crippen LogP contribution in [0.2, 0.25) is 5.02 Å². The van der Waals surface area contributed by atoms with E-state index in [0.29, 0.717) is 22.0 Å². The number of rotatable bonds is 6. The predicted molar refractivity (Wildman–Crippen MR) is 113 cm³/mol. The summed E-state index contributed by atoms with van der Waals surface area (Å²) in [5.74, 6) is -0.727. The molecule has 0 aliphatic rings. The van der Waals surface area contributed by atoms with Gasteiger partial charge in [-0.15, -0.1) is 0 Å². The molecule has 0 atom stereocenters. The van der Waals surface area contributed by atoms with Crippen LogP contribution in [0, 0.1) is 0 Å². The first kappa shape index (κ1) is 22.2. The molecule has 0 aliphatic heterocycles. The number of nitrogens with one attached hydrogen (secondary N) is 3. The summed E-state index contributed by atoms with van der Waals surface area (Å²) in [6.07, 6.45) is -0.587. The number of para-hydroxylation sites is 2. The Morgan fingerprint density at radius 2 is 1.45 bits per heavy atom. The zero-order chi connectivity index (χ0) is 21.4. The second-order valence-corrected chi connectivity index (χ2v) is 7.67. The van der Waals surface area contributed by atoms with Crippen LogP contribution in [0.15, 0.2) is 48.5 Å². The number of amides is 3. The normalized spacial score (nSPS) is 10.8. The van der Waals surface area contributed by atoms with E-state index in [-0.39, 0.29) is 18.9 Å². The van der Waals surface area contributed by atoms with Crippen LogP contribution < -0.4 is 16.0 Å². The monoisotopic (exact) mass is 417 g/mol. The first-order chi connectivity index (χ1) is 13.6. The van der Waals surface area contributed by atoms with Crippen LogP contribution in [0.4, 0.5) is 16.2 Å². The highest BCUT2D eigenvalue weighted by Gasteiger charge is 2.17. The summed E-state index contributed by atoms with van der Waals surface area (Å²) in [6, 6.07) is 13.9. The van der Waals surface area contributed by atoms with E-state index in [2.05, 4.69) is 16.0 Å². The molecular weight excluding hydrogens is 394 g/mol. The Kier molecular flexibility index (Phi) is 7.61. The highest BCUT2D eigenvalue weighted by atomic mass is 35.5. The summed E-state index contributed by atoms with van der Waals surface area (Å²) < 4.78 is 5.08. The van der Waals surface area contributed by atoms with Crippen molar-refractivity contribution in [1.29, 1.82) is 0 Å². The van der Waals surface area contributed by atoms with Crippen molar-refractivity contribution < 1.29 is 19.1 Å². The number of anilines is 2. The van der Waals surface area contributed by atoms with Crippen LogP contribution in [0.5, 0.6) is 0 Å². The molecule has 154 valence electrons. The average Bonchev–Trinajstić information content (AvgIpc) is 2.62. The molecule has 0 saturated carbocycles. The van der Waals surface area contributed by atoms with Gasteiger partial charge in [0.1, 0.15) is 12.1 Å². The molecule has 0 spiro atoms. The fourth-order valence-electron chi connectivity index (χ4n) is 2.37. The highest BCUT2D eigenvalue weighted by molar-refractivity contribution is 6.31. The van der Waals surface area contributed by atoms with Crippen molar-refractivity contribution >= 4 is 40.9 Å². The summed E-state index contributed by atoms with van der Waals surface area (Å²) in [5, 5.41) is 8.32. The Labute approximate surface area is 174 Å². The Bertz CT molecular complexity index is 893. The van der Waals surface area contributed by atoms with Gasteiger partial charge in [-0.2, -0.15) is 0 Å². The van der Waals surface area contributed by atoms with Crippen molar-refractivity contribution in [3.05, 3.63) is 59.1 Å². The number of ether oxygens (including phenoxy) is 1. The number of halogens is 1. The molecule has 0 radical (unpaired) electrons. The van der Waals surface area contributed by atoms with Gasteiger partial charge in [0.15, 0.2) is 0 Å². The third-order valence-corrected chi connectivity index (χ3v) is 3.94. The van der Waals surface area contributed by atoms with Crippen molar-refractivity contribution in [3.63, 3.8) is 0 Å². The van der Waals surface area contributed by atoms with Crippen molar-refractivity contribution in [2.45, 2.75) is 32.8 Å². The Hall–Kier alpha value is -3.06. The van der Waals surface area contributed by atoms with Gasteiger partial charge in [-0.3, -0.25) is 9.59 Å². The lowest BCUT2D eigenvalue weighted by Crippen LogP contribution is -2.37. The number of carbonyl (C=O) groups excluding carboxylic acids is 3. The molecule has 0 aliphatic carbocycles. The molecular formula is C21H24ClN3O4. The lowest BCUT2D eigenvalue weighted by Gasteiger charge is -2.19. The van der Waals surface area contributed by atoms with Crippen molar-refractivity contribution in [3.8, 4) is 0 Å². The zero-order valence-corrected chi connectivity index (χ0v) is 17.3. The number of carbonyl (C=O) groups is 3. The molecule has 3 amide bonds. The highest BCUT2D eigenvalue weighted by Crippen LogP contribution is 2.22. The van der Waals surface area contributed by atoms with Crippen molar-refractivity contribution in [1.82, 2.24) is 5.32 Å². The van der Waals surface area contributed by atoms with Gasteiger partial charge in [-0.1, -0.05) is 41.9 Å². The smallest absolute Gasteiger partial charge is 0.408 e. The Morgan fingerprint density at radius 3 is 2.03 bits per heavy atom. The molecule has 0 aromatic heterocycles. The topological polar surface area (TPSA) is 96.5 Å². The number of benzene rings is 2. The standard InChI is InChI=1S/C21H24ClN3O4/c1-21(2,3)29-20(28)23-13-19(27)25-17-11-7-6-10-16(17)24-18(26)12-14-8-4-5-9-15(14)22/h4-11H,12-13H2,1-3H3,(H,23,28)(H,24,26)(H,25,27). The van der Waals surface area contributed by atoms with Crippen LogP contribution >= 0.6 is 11.6 Å². The van der Waals surface area contributed by atoms with E-state index in [1.54, 1.807) is 69.3 Å². The summed E-state index contributed by atoms with van der Waals surface area (Å²) in [6.45, 7) is 4.92. The van der Waals surface area contributed by atoms with Gasteiger partial charge in [0.2, 0.25) is 11.8 Å². The third-order valence-electron chi connectivity index (χ3n) is 3.58. The first-order valence-corrected chi connectivity index (χ1v) is 9.41. The molecule has 7 nitrogen and oxygen atoms in total. The molecule has 0 fully saturated rings. The summed E-state index contributed by atoms with van der Waals surface area (Å²) >= 11 is 6.09. The second-order valence-electron chi connectivity index (χ2n) is 7.27. The largest absolute Gasteiger partial charge is 0.444 e. The SMILES string of the molecule is CC(C)(C)OC(=O)NCC(=O)Nc1ccccc1NC(=O)Cc1ccccc1Cl. The van der Waals surface area contributed by atoms with E-state index in [1.807, 2.05) is 0 Å². The molecule has 3 N–H and O–H groups in total. The summed E-state index contributed by atoms with van der Waals surface area (Å²) in [4.78, 5) is 36.2. The maximum Gasteiger partial charge on any atom is 0.408 e. The minimum absolute atomic E-state index is 0.0994. The van der Waals surface area contributed by atoms with Crippen LogP contribution in [0.1, 0.15) is 26.3 Å².